The Morgan fingerprint density at radius 2 is 2.38 bits per heavy atom. The highest BCUT2D eigenvalue weighted by molar-refractivity contribution is 7.80. The van der Waals surface area contributed by atoms with Gasteiger partial charge in [0.15, 0.2) is 5.11 Å². The lowest BCUT2D eigenvalue weighted by Crippen LogP contribution is -2.28. The van der Waals surface area contributed by atoms with Crippen LogP contribution in [0.1, 0.15) is 0 Å². The first kappa shape index (κ1) is 10.6. The number of nitrogens with one attached hydrogen (secondary N) is 1. The Bertz CT molecular complexity index is 84.1. The Hall–Kier alpha value is -0.353. The fourth-order valence-corrected chi connectivity index (χ4v) is 0.256. The normalized spacial score (nSPS) is 6.50. The molecular weight excluding hydrogens is 136 g/mol. The number of nitrogens with two attached hydrogens (primary N) is 1. The Kier molecular flexibility index (Phi) is 8.80. The highest BCUT2D eigenvalue weighted by atomic mass is 32.1. The summed E-state index contributed by atoms with van der Waals surface area (Å²) in [5, 5.41) is 3.01. The van der Waals surface area contributed by atoms with Crippen LogP contribution in [0.3, 0.4) is 0 Å². The SMILES string of the molecule is C=CCNC(N)=S.[SiH4]. The fraction of sp³-hybridized carbons (Fsp3) is 0.250. The molecule has 0 fully saturated rings. The van der Waals surface area contributed by atoms with E-state index in [2.05, 4.69) is 24.1 Å². The third-order valence-corrected chi connectivity index (χ3v) is 0.565. The molecule has 0 radical (unpaired) electrons. The zero-order valence-corrected chi connectivity index (χ0v) is 4.79. The molecule has 0 aromatic carbocycles. The molecular formula is C4H12N2SSi. The minimum atomic E-state index is 0. The summed E-state index contributed by atoms with van der Waals surface area (Å²) in [4.78, 5) is 0. The number of hydrogen-bond donors (Lipinski definition) is 2. The average Bonchev–Trinajstić information content (AvgIpc) is 1.61. The molecule has 0 rings (SSSR count). The van der Waals surface area contributed by atoms with Gasteiger partial charge in [0.25, 0.3) is 0 Å². The Morgan fingerprint density at radius 1 is 1.88 bits per heavy atom. The minimum absolute atomic E-state index is 0. The van der Waals surface area contributed by atoms with Crippen LogP contribution in [-0.2, 0) is 0 Å². The average molecular weight is 148 g/mol. The zero-order chi connectivity index (χ0) is 5.70. The number of thiocarbonyl (C=S) groups is 1. The van der Waals surface area contributed by atoms with Crippen molar-refractivity contribution in [1.82, 2.24) is 5.32 Å². The predicted molar refractivity (Wildman–Crippen MR) is 46.3 cm³/mol. The summed E-state index contributed by atoms with van der Waals surface area (Å²) in [5.74, 6) is 0. The first-order chi connectivity index (χ1) is 3.27. The molecule has 0 aliphatic heterocycles. The van der Waals surface area contributed by atoms with E-state index in [1.807, 2.05) is 0 Å². The van der Waals surface area contributed by atoms with Crippen molar-refractivity contribution in [3.8, 4) is 0 Å². The van der Waals surface area contributed by atoms with Crippen LogP contribution in [0.2, 0.25) is 0 Å². The summed E-state index contributed by atoms with van der Waals surface area (Å²) >= 11 is 4.48. The lowest BCUT2D eigenvalue weighted by molar-refractivity contribution is 1.05. The molecule has 0 unspecified atom stereocenters. The molecule has 0 bridgehead atoms. The van der Waals surface area contributed by atoms with E-state index in [-0.39, 0.29) is 11.0 Å². The molecule has 0 heterocycles. The predicted octanol–water partition coefficient (Wildman–Crippen LogP) is -1.45. The van der Waals surface area contributed by atoms with E-state index in [1.54, 1.807) is 6.08 Å². The summed E-state index contributed by atoms with van der Waals surface area (Å²) in [7, 11) is 0. The first-order valence-corrected chi connectivity index (χ1v) is 2.32. The summed E-state index contributed by atoms with van der Waals surface area (Å²) in [6.45, 7) is 4.10. The quantitative estimate of drug-likeness (QED) is 0.286. The largest absolute Gasteiger partial charge is 0.376 e. The molecule has 4 heteroatoms. The second-order valence-electron chi connectivity index (χ2n) is 1.03. The van der Waals surface area contributed by atoms with Crippen LogP contribution in [0, 0.1) is 0 Å². The van der Waals surface area contributed by atoms with Gasteiger partial charge in [0.05, 0.1) is 0 Å². The van der Waals surface area contributed by atoms with Crippen molar-refractivity contribution in [2.75, 3.05) is 6.54 Å². The molecule has 0 aromatic rings. The molecule has 3 N–H and O–H groups in total. The van der Waals surface area contributed by atoms with E-state index in [0.717, 1.165) is 0 Å². The highest BCUT2D eigenvalue weighted by Gasteiger charge is 1.76. The summed E-state index contributed by atoms with van der Waals surface area (Å²) in [6.07, 6.45) is 1.69. The highest BCUT2D eigenvalue weighted by Crippen LogP contribution is 1.58. The molecule has 0 aliphatic rings. The monoisotopic (exact) mass is 148 g/mol. The van der Waals surface area contributed by atoms with Gasteiger partial charge in [-0.25, -0.2) is 0 Å². The molecule has 0 atom stereocenters. The molecule has 0 saturated carbocycles. The van der Waals surface area contributed by atoms with Crippen LogP contribution in [0.4, 0.5) is 0 Å². The third-order valence-electron chi connectivity index (χ3n) is 0.421. The first-order valence-electron chi connectivity index (χ1n) is 1.91. The molecule has 0 aliphatic carbocycles. The van der Waals surface area contributed by atoms with E-state index in [0.29, 0.717) is 11.7 Å². The molecule has 0 aromatic heterocycles. The number of rotatable bonds is 2. The molecule has 2 nitrogen and oxygen atoms in total. The summed E-state index contributed by atoms with van der Waals surface area (Å²) < 4.78 is 0. The molecule has 0 spiro atoms. The van der Waals surface area contributed by atoms with Crippen molar-refractivity contribution in [2.45, 2.75) is 0 Å². The second-order valence-corrected chi connectivity index (χ2v) is 1.47. The summed E-state index contributed by atoms with van der Waals surface area (Å²) in [6, 6.07) is 0. The van der Waals surface area contributed by atoms with Crippen LogP contribution in [0.25, 0.3) is 0 Å². The second kappa shape index (κ2) is 6.65. The fourth-order valence-electron chi connectivity index (χ4n) is 0.173. The maximum absolute atomic E-state index is 5.05. The van der Waals surface area contributed by atoms with Crippen molar-refractivity contribution in [3.63, 3.8) is 0 Å². The van der Waals surface area contributed by atoms with Crippen LogP contribution < -0.4 is 11.1 Å². The molecule has 0 amide bonds. The van der Waals surface area contributed by atoms with Gasteiger partial charge in [-0.3, -0.25) is 0 Å². The van der Waals surface area contributed by atoms with Gasteiger partial charge >= 0.3 is 0 Å². The molecule has 0 saturated heterocycles. The van der Waals surface area contributed by atoms with Gasteiger partial charge in [-0.15, -0.1) is 6.58 Å². The lowest BCUT2D eigenvalue weighted by Gasteiger charge is -1.94. The van der Waals surface area contributed by atoms with E-state index in [1.165, 1.54) is 0 Å². The van der Waals surface area contributed by atoms with Crippen LogP contribution in [0.5, 0.6) is 0 Å². The Labute approximate surface area is 59.2 Å². The topological polar surface area (TPSA) is 38.0 Å². The van der Waals surface area contributed by atoms with Crippen LogP contribution in [-0.4, -0.2) is 22.6 Å². The minimum Gasteiger partial charge on any atom is -0.376 e. The van der Waals surface area contributed by atoms with Crippen LogP contribution in [0.15, 0.2) is 12.7 Å². The van der Waals surface area contributed by atoms with Gasteiger partial charge < -0.3 is 11.1 Å². The standard InChI is InChI=1S/C4H8N2S.H4Si/c1-2-3-6-4(5)7;/h2H,1,3H2,(H3,5,6,7);1H4. The maximum atomic E-state index is 5.05. The molecule has 48 valence electrons. The lowest BCUT2D eigenvalue weighted by atomic mass is 10.6. The van der Waals surface area contributed by atoms with Gasteiger partial charge in [-0.1, -0.05) is 6.08 Å². The third kappa shape index (κ3) is 9.17. The van der Waals surface area contributed by atoms with Gasteiger partial charge in [-0.2, -0.15) is 0 Å². The van der Waals surface area contributed by atoms with Crippen molar-refractivity contribution in [2.24, 2.45) is 5.73 Å². The molecule has 8 heavy (non-hydrogen) atoms. The van der Waals surface area contributed by atoms with Gasteiger partial charge in [0, 0.05) is 6.54 Å². The van der Waals surface area contributed by atoms with E-state index >= 15 is 0 Å². The van der Waals surface area contributed by atoms with Gasteiger partial charge in [0.2, 0.25) is 0 Å². The van der Waals surface area contributed by atoms with Crippen LogP contribution >= 0.6 is 12.2 Å². The summed E-state index contributed by atoms with van der Waals surface area (Å²) in [5.41, 5.74) is 5.05. The van der Waals surface area contributed by atoms with Crippen molar-refractivity contribution < 1.29 is 0 Å². The van der Waals surface area contributed by atoms with Gasteiger partial charge in [0.1, 0.15) is 0 Å². The van der Waals surface area contributed by atoms with Crippen molar-refractivity contribution in [3.05, 3.63) is 12.7 Å². The van der Waals surface area contributed by atoms with E-state index in [9.17, 15) is 0 Å². The van der Waals surface area contributed by atoms with E-state index < -0.39 is 0 Å². The van der Waals surface area contributed by atoms with E-state index in [4.69, 9.17) is 5.73 Å². The smallest absolute Gasteiger partial charge is 0.163 e. The zero-order valence-electron chi connectivity index (χ0n) is 3.98. The Morgan fingerprint density at radius 3 is 2.50 bits per heavy atom. The Balaban J connectivity index is 0. The maximum Gasteiger partial charge on any atom is 0.163 e. The van der Waals surface area contributed by atoms with Crippen molar-refractivity contribution in [1.29, 1.82) is 0 Å². The van der Waals surface area contributed by atoms with Gasteiger partial charge in [-0.05, 0) is 23.2 Å². The number of hydrogen-bond acceptors (Lipinski definition) is 1. The van der Waals surface area contributed by atoms with Crippen molar-refractivity contribution >= 4 is 28.3 Å².